The molecule has 0 unspecified atom stereocenters. The second kappa shape index (κ2) is 7.78. The molecule has 0 radical (unpaired) electrons. The van der Waals surface area contributed by atoms with Gasteiger partial charge in [-0.25, -0.2) is 0 Å². The van der Waals surface area contributed by atoms with Gasteiger partial charge in [0, 0.05) is 18.3 Å². The summed E-state index contributed by atoms with van der Waals surface area (Å²) in [6.07, 6.45) is 3.27. The van der Waals surface area contributed by atoms with Crippen molar-refractivity contribution in [2.75, 3.05) is 19.4 Å². The fraction of sp³-hybridized carbons (Fsp3) is 0.562. The number of carbonyl (C=O) groups excluding carboxylic acids is 1. The van der Waals surface area contributed by atoms with Crippen LogP contribution in [-0.2, 0) is 0 Å². The van der Waals surface area contributed by atoms with Gasteiger partial charge < -0.3 is 15.4 Å². The summed E-state index contributed by atoms with van der Waals surface area (Å²) in [5.41, 5.74) is 6.90. The van der Waals surface area contributed by atoms with Crippen molar-refractivity contribution in [3.8, 4) is 5.75 Å². The van der Waals surface area contributed by atoms with Crippen molar-refractivity contribution >= 4 is 11.6 Å². The Kier molecular flexibility index (Phi) is 6.36. The van der Waals surface area contributed by atoms with Crippen molar-refractivity contribution in [2.24, 2.45) is 0 Å². The first kappa shape index (κ1) is 16.3. The Balaban J connectivity index is 3.00. The van der Waals surface area contributed by atoms with Gasteiger partial charge in [-0.2, -0.15) is 0 Å². The van der Waals surface area contributed by atoms with Crippen LogP contribution in [0.15, 0.2) is 18.2 Å². The number of rotatable bonds is 7. The minimum Gasteiger partial charge on any atom is -0.496 e. The van der Waals surface area contributed by atoms with Crippen molar-refractivity contribution in [1.29, 1.82) is 0 Å². The normalized spacial score (nSPS) is 10.7. The van der Waals surface area contributed by atoms with E-state index in [1.165, 1.54) is 0 Å². The highest BCUT2D eigenvalue weighted by atomic mass is 16.5. The molecule has 1 rings (SSSR count). The van der Waals surface area contributed by atoms with Gasteiger partial charge in [-0.3, -0.25) is 4.79 Å². The lowest BCUT2D eigenvalue weighted by molar-refractivity contribution is 0.0700. The number of unbranched alkanes of at least 4 members (excludes halogenated alkanes) is 2. The van der Waals surface area contributed by atoms with Crippen molar-refractivity contribution in [3.63, 3.8) is 0 Å². The van der Waals surface area contributed by atoms with Crippen LogP contribution in [0.5, 0.6) is 5.75 Å². The van der Waals surface area contributed by atoms with Gasteiger partial charge in [-0.15, -0.1) is 0 Å². The average molecular weight is 278 g/mol. The van der Waals surface area contributed by atoms with E-state index in [0.717, 1.165) is 25.8 Å². The van der Waals surface area contributed by atoms with Crippen molar-refractivity contribution < 1.29 is 9.53 Å². The molecule has 0 saturated carbocycles. The maximum absolute atomic E-state index is 12.7. The highest BCUT2D eigenvalue weighted by Crippen LogP contribution is 2.26. The van der Waals surface area contributed by atoms with Crippen molar-refractivity contribution in [3.05, 3.63) is 23.8 Å². The topological polar surface area (TPSA) is 55.6 Å². The summed E-state index contributed by atoms with van der Waals surface area (Å²) >= 11 is 0. The van der Waals surface area contributed by atoms with Crippen molar-refractivity contribution in [1.82, 2.24) is 4.90 Å². The van der Waals surface area contributed by atoms with Crippen LogP contribution < -0.4 is 10.5 Å². The first-order chi connectivity index (χ1) is 9.52. The van der Waals surface area contributed by atoms with Gasteiger partial charge in [0.05, 0.1) is 7.11 Å². The average Bonchev–Trinajstić information content (AvgIpc) is 2.42. The molecular formula is C16H26N2O2. The van der Waals surface area contributed by atoms with Crippen LogP contribution in [0.2, 0.25) is 0 Å². The lowest BCUT2D eigenvalue weighted by atomic mass is 10.1. The standard InChI is InChI=1S/C16H26N2O2/c1-5-6-7-11-18(12(2)3)16(19)15-13(17)9-8-10-14(15)20-4/h8-10,12H,5-7,11,17H2,1-4H3. The van der Waals surface area contributed by atoms with E-state index >= 15 is 0 Å². The fourth-order valence-corrected chi connectivity index (χ4v) is 2.22. The zero-order valence-corrected chi connectivity index (χ0v) is 13.0. The number of methoxy groups -OCH3 is 1. The van der Waals surface area contributed by atoms with Gasteiger partial charge >= 0.3 is 0 Å². The first-order valence-corrected chi connectivity index (χ1v) is 7.26. The van der Waals surface area contributed by atoms with Crippen LogP contribution in [-0.4, -0.2) is 30.5 Å². The molecule has 0 aliphatic rings. The minimum atomic E-state index is -0.0500. The number of carbonyl (C=O) groups is 1. The van der Waals surface area contributed by atoms with Gasteiger partial charge in [0.2, 0.25) is 0 Å². The number of amides is 1. The molecule has 0 bridgehead atoms. The fourth-order valence-electron chi connectivity index (χ4n) is 2.22. The van der Waals surface area contributed by atoms with E-state index in [0.29, 0.717) is 17.0 Å². The maximum Gasteiger partial charge on any atom is 0.259 e. The van der Waals surface area contributed by atoms with Crippen molar-refractivity contribution in [2.45, 2.75) is 46.1 Å². The summed E-state index contributed by atoms with van der Waals surface area (Å²) in [5.74, 6) is 0.488. The van der Waals surface area contributed by atoms with Crippen LogP contribution in [0.3, 0.4) is 0 Å². The Morgan fingerprint density at radius 1 is 1.35 bits per heavy atom. The number of hydrogen-bond donors (Lipinski definition) is 1. The zero-order valence-electron chi connectivity index (χ0n) is 13.0. The largest absolute Gasteiger partial charge is 0.496 e. The Labute approximate surface area is 121 Å². The molecule has 0 heterocycles. The van der Waals surface area contributed by atoms with Crippen LogP contribution in [0.25, 0.3) is 0 Å². The summed E-state index contributed by atoms with van der Waals surface area (Å²) < 4.78 is 5.28. The second-order valence-corrected chi connectivity index (χ2v) is 5.22. The third-order valence-corrected chi connectivity index (χ3v) is 3.38. The molecule has 0 aliphatic heterocycles. The summed E-state index contributed by atoms with van der Waals surface area (Å²) in [6.45, 7) is 6.95. The lowest BCUT2D eigenvalue weighted by Crippen LogP contribution is -2.38. The summed E-state index contributed by atoms with van der Waals surface area (Å²) in [7, 11) is 1.56. The van der Waals surface area contributed by atoms with Crippen LogP contribution in [0.1, 0.15) is 50.4 Å². The predicted molar refractivity (Wildman–Crippen MR) is 83.1 cm³/mol. The zero-order chi connectivity index (χ0) is 15.1. The number of benzene rings is 1. The third kappa shape index (κ3) is 3.89. The lowest BCUT2D eigenvalue weighted by Gasteiger charge is -2.28. The molecule has 1 aromatic rings. The number of hydrogen-bond acceptors (Lipinski definition) is 3. The number of anilines is 1. The molecular weight excluding hydrogens is 252 g/mol. The second-order valence-electron chi connectivity index (χ2n) is 5.22. The molecule has 0 atom stereocenters. The monoisotopic (exact) mass is 278 g/mol. The summed E-state index contributed by atoms with van der Waals surface area (Å²) in [5, 5.41) is 0. The van der Waals surface area contributed by atoms with Gasteiger partial charge in [0.15, 0.2) is 0 Å². The molecule has 20 heavy (non-hydrogen) atoms. The van der Waals surface area contributed by atoms with E-state index in [1.54, 1.807) is 25.3 Å². The maximum atomic E-state index is 12.7. The first-order valence-electron chi connectivity index (χ1n) is 7.26. The van der Waals surface area contributed by atoms with Gasteiger partial charge in [-0.05, 0) is 32.4 Å². The summed E-state index contributed by atoms with van der Waals surface area (Å²) in [4.78, 5) is 14.6. The van der Waals surface area contributed by atoms with E-state index in [1.807, 2.05) is 18.7 Å². The Bertz CT molecular complexity index is 444. The molecule has 0 spiro atoms. The molecule has 1 amide bonds. The molecule has 0 fully saturated rings. The van der Waals surface area contributed by atoms with Crippen LogP contribution in [0.4, 0.5) is 5.69 Å². The molecule has 2 N–H and O–H groups in total. The number of nitrogens with zero attached hydrogens (tertiary/aromatic N) is 1. The van der Waals surface area contributed by atoms with Gasteiger partial charge in [0.1, 0.15) is 11.3 Å². The number of nitrogens with two attached hydrogens (primary N) is 1. The van der Waals surface area contributed by atoms with E-state index < -0.39 is 0 Å². The van der Waals surface area contributed by atoms with Crippen LogP contribution >= 0.6 is 0 Å². The van der Waals surface area contributed by atoms with E-state index in [-0.39, 0.29) is 11.9 Å². The molecule has 4 heteroatoms. The molecule has 0 aliphatic carbocycles. The van der Waals surface area contributed by atoms with E-state index in [4.69, 9.17) is 10.5 Å². The molecule has 0 saturated heterocycles. The highest BCUT2D eigenvalue weighted by Gasteiger charge is 2.23. The third-order valence-electron chi connectivity index (χ3n) is 3.38. The summed E-state index contributed by atoms with van der Waals surface area (Å²) in [6, 6.07) is 5.44. The highest BCUT2D eigenvalue weighted by molar-refractivity contribution is 6.02. The smallest absolute Gasteiger partial charge is 0.259 e. The van der Waals surface area contributed by atoms with E-state index in [9.17, 15) is 4.79 Å². The molecule has 112 valence electrons. The molecule has 1 aromatic carbocycles. The Morgan fingerprint density at radius 2 is 2.05 bits per heavy atom. The minimum absolute atomic E-state index is 0.0500. The Morgan fingerprint density at radius 3 is 2.60 bits per heavy atom. The van der Waals surface area contributed by atoms with E-state index in [2.05, 4.69) is 6.92 Å². The quantitative estimate of drug-likeness (QED) is 0.615. The predicted octanol–water partition coefficient (Wildman–Crippen LogP) is 3.32. The van der Waals surface area contributed by atoms with Crippen LogP contribution in [0, 0.1) is 0 Å². The Hall–Kier alpha value is -1.71. The number of ether oxygens (including phenoxy) is 1. The molecule has 0 aromatic heterocycles. The van der Waals surface area contributed by atoms with Gasteiger partial charge in [-0.1, -0.05) is 25.8 Å². The SMILES string of the molecule is CCCCCN(C(=O)c1c(N)cccc1OC)C(C)C. The van der Waals surface area contributed by atoms with Gasteiger partial charge in [0.25, 0.3) is 5.91 Å². The number of nitrogen functional groups attached to an aromatic ring is 1. The molecule has 4 nitrogen and oxygen atoms in total.